The molecule has 78 valence electrons. The summed E-state index contributed by atoms with van der Waals surface area (Å²) in [5, 5.41) is 0.550. The maximum Gasteiger partial charge on any atom is 0.206 e. The second-order valence-electron chi connectivity index (χ2n) is 3.39. The van der Waals surface area contributed by atoms with E-state index >= 15 is 0 Å². The van der Waals surface area contributed by atoms with Gasteiger partial charge < -0.3 is 10.5 Å². The number of nitrogens with two attached hydrogens (primary N) is 1. The van der Waals surface area contributed by atoms with E-state index in [4.69, 9.17) is 22.1 Å². The highest BCUT2D eigenvalue weighted by atomic mass is 35.5. The monoisotopic (exact) mass is 223 g/mol. The van der Waals surface area contributed by atoms with Crippen molar-refractivity contribution in [3.05, 3.63) is 40.2 Å². The number of carbonyl (C=O) groups excluding carboxylic acids is 1. The van der Waals surface area contributed by atoms with E-state index in [1.807, 2.05) is 19.1 Å². The fourth-order valence-corrected chi connectivity index (χ4v) is 1.77. The van der Waals surface area contributed by atoms with Crippen molar-refractivity contribution < 1.29 is 9.53 Å². The van der Waals surface area contributed by atoms with Crippen molar-refractivity contribution in [2.45, 2.75) is 6.92 Å². The van der Waals surface area contributed by atoms with Gasteiger partial charge in [-0.25, -0.2) is 0 Å². The average molecular weight is 224 g/mol. The second kappa shape index (κ2) is 3.59. The van der Waals surface area contributed by atoms with Crippen LogP contribution in [0.4, 0.5) is 0 Å². The van der Waals surface area contributed by atoms with E-state index in [1.54, 1.807) is 6.07 Å². The molecular weight excluding hydrogens is 214 g/mol. The Balaban J connectivity index is 2.60. The third kappa shape index (κ3) is 1.59. The van der Waals surface area contributed by atoms with Crippen molar-refractivity contribution in [1.29, 1.82) is 0 Å². The zero-order valence-corrected chi connectivity index (χ0v) is 8.97. The lowest BCUT2D eigenvalue weighted by Gasteiger charge is -2.05. The van der Waals surface area contributed by atoms with Gasteiger partial charge in [-0.3, -0.25) is 4.79 Å². The molecule has 1 aromatic rings. The number of aryl methyl sites for hydroxylation is 1. The van der Waals surface area contributed by atoms with Gasteiger partial charge in [0.1, 0.15) is 0 Å². The van der Waals surface area contributed by atoms with E-state index in [2.05, 4.69) is 0 Å². The molecule has 0 bridgehead atoms. The number of ether oxygens (including phenoxy) is 1. The molecule has 0 aliphatic carbocycles. The first kappa shape index (κ1) is 10.1. The Morgan fingerprint density at radius 1 is 1.47 bits per heavy atom. The Hall–Kier alpha value is -1.48. The van der Waals surface area contributed by atoms with Gasteiger partial charge in [0.05, 0.1) is 10.6 Å². The summed E-state index contributed by atoms with van der Waals surface area (Å²) >= 11 is 6.11. The van der Waals surface area contributed by atoms with E-state index in [0.717, 1.165) is 5.56 Å². The quantitative estimate of drug-likeness (QED) is 0.791. The molecule has 4 heteroatoms. The van der Waals surface area contributed by atoms with Crippen LogP contribution in [0.25, 0.3) is 5.57 Å². The summed E-state index contributed by atoms with van der Waals surface area (Å²) in [5.41, 5.74) is 7.55. The van der Waals surface area contributed by atoms with Crippen molar-refractivity contribution >= 4 is 23.0 Å². The lowest BCUT2D eigenvalue weighted by atomic mass is 10.0. The molecule has 15 heavy (non-hydrogen) atoms. The maximum absolute atomic E-state index is 11.5. The first-order chi connectivity index (χ1) is 7.11. The van der Waals surface area contributed by atoms with Gasteiger partial charge in [0.15, 0.2) is 12.5 Å². The number of halogens is 1. The smallest absolute Gasteiger partial charge is 0.206 e. The van der Waals surface area contributed by atoms with Crippen LogP contribution in [-0.2, 0) is 9.53 Å². The first-order valence-electron chi connectivity index (χ1n) is 4.52. The minimum Gasteiger partial charge on any atom is -0.470 e. The van der Waals surface area contributed by atoms with Crippen LogP contribution < -0.4 is 5.73 Å². The van der Waals surface area contributed by atoms with Crippen LogP contribution in [0.1, 0.15) is 11.1 Å². The summed E-state index contributed by atoms with van der Waals surface area (Å²) in [5.74, 6) is 0.0347. The van der Waals surface area contributed by atoms with Crippen molar-refractivity contribution in [1.82, 2.24) is 0 Å². The van der Waals surface area contributed by atoms with Crippen LogP contribution in [0.3, 0.4) is 0 Å². The molecule has 1 aromatic carbocycles. The molecule has 0 aromatic heterocycles. The highest BCUT2D eigenvalue weighted by Gasteiger charge is 2.26. The minimum atomic E-state index is -0.125. The Kier molecular flexibility index (Phi) is 2.40. The molecular formula is C11H10ClNO2. The highest BCUT2D eigenvalue weighted by molar-refractivity contribution is 6.36. The molecule has 2 N–H and O–H groups in total. The van der Waals surface area contributed by atoms with Crippen molar-refractivity contribution in [3.63, 3.8) is 0 Å². The van der Waals surface area contributed by atoms with E-state index < -0.39 is 0 Å². The van der Waals surface area contributed by atoms with E-state index in [0.29, 0.717) is 16.2 Å². The van der Waals surface area contributed by atoms with Gasteiger partial charge in [-0.1, -0.05) is 29.8 Å². The fraction of sp³-hybridized carbons (Fsp3) is 0.182. The lowest BCUT2D eigenvalue weighted by molar-refractivity contribution is -0.115. The predicted molar refractivity (Wildman–Crippen MR) is 58.3 cm³/mol. The van der Waals surface area contributed by atoms with Crippen LogP contribution in [0, 0.1) is 6.92 Å². The zero-order chi connectivity index (χ0) is 11.0. The Bertz CT molecular complexity index is 466. The topological polar surface area (TPSA) is 52.3 Å². The zero-order valence-electron chi connectivity index (χ0n) is 8.21. The molecule has 3 nitrogen and oxygen atoms in total. The number of rotatable bonds is 1. The minimum absolute atomic E-state index is 0.00539. The number of hydrogen-bond acceptors (Lipinski definition) is 3. The van der Waals surface area contributed by atoms with Crippen molar-refractivity contribution in [2.75, 3.05) is 6.61 Å². The second-order valence-corrected chi connectivity index (χ2v) is 3.77. The summed E-state index contributed by atoms with van der Waals surface area (Å²) in [7, 11) is 0. The highest BCUT2D eigenvalue weighted by Crippen LogP contribution is 2.31. The fourth-order valence-electron chi connectivity index (χ4n) is 1.55. The van der Waals surface area contributed by atoms with Gasteiger partial charge in [-0.05, 0) is 12.5 Å². The molecule has 0 unspecified atom stereocenters. The maximum atomic E-state index is 11.5. The Morgan fingerprint density at radius 3 is 2.80 bits per heavy atom. The first-order valence-corrected chi connectivity index (χ1v) is 4.90. The molecule has 1 heterocycles. The molecule has 0 spiro atoms. The van der Waals surface area contributed by atoms with Gasteiger partial charge in [-0.15, -0.1) is 0 Å². The summed E-state index contributed by atoms with van der Waals surface area (Å²) in [6.45, 7) is 1.88. The van der Waals surface area contributed by atoms with Gasteiger partial charge in [0.2, 0.25) is 5.78 Å². The normalized spacial score (nSPS) is 15.7. The number of hydrogen-bond donors (Lipinski definition) is 1. The van der Waals surface area contributed by atoms with E-state index in [-0.39, 0.29) is 18.3 Å². The van der Waals surface area contributed by atoms with Gasteiger partial charge in [0, 0.05) is 5.56 Å². The van der Waals surface area contributed by atoms with Gasteiger partial charge in [-0.2, -0.15) is 0 Å². The number of benzene rings is 1. The summed E-state index contributed by atoms with van der Waals surface area (Å²) in [6, 6.07) is 5.48. The largest absolute Gasteiger partial charge is 0.470 e. The average Bonchev–Trinajstić information content (AvgIpc) is 2.52. The lowest BCUT2D eigenvalue weighted by Crippen LogP contribution is -2.02. The molecule has 0 radical (unpaired) electrons. The molecule has 2 rings (SSSR count). The van der Waals surface area contributed by atoms with Gasteiger partial charge in [0.25, 0.3) is 0 Å². The summed E-state index contributed by atoms with van der Waals surface area (Å²) in [6.07, 6.45) is 0. The molecule has 0 fully saturated rings. The Morgan fingerprint density at radius 2 is 2.20 bits per heavy atom. The molecule has 0 saturated heterocycles. The SMILES string of the molecule is Cc1cccc(C2=C(N)OCC2=O)c1Cl. The third-order valence-corrected chi connectivity index (χ3v) is 2.85. The number of ketones is 1. The van der Waals surface area contributed by atoms with Gasteiger partial charge >= 0.3 is 0 Å². The summed E-state index contributed by atoms with van der Waals surface area (Å²) < 4.78 is 4.98. The van der Waals surface area contributed by atoms with Crippen molar-refractivity contribution in [3.8, 4) is 0 Å². The molecule has 1 aliphatic heterocycles. The van der Waals surface area contributed by atoms with Crippen LogP contribution in [0.5, 0.6) is 0 Å². The molecule has 1 aliphatic rings. The Labute approximate surface area is 92.5 Å². The van der Waals surface area contributed by atoms with Crippen molar-refractivity contribution in [2.24, 2.45) is 5.73 Å². The standard InChI is InChI=1S/C11H10ClNO2/c1-6-3-2-4-7(10(6)12)9-8(14)5-15-11(9)13/h2-4H,5,13H2,1H3. The van der Waals surface area contributed by atoms with E-state index in [1.165, 1.54) is 0 Å². The molecule has 0 atom stereocenters. The van der Waals surface area contributed by atoms with E-state index in [9.17, 15) is 4.79 Å². The third-order valence-electron chi connectivity index (χ3n) is 2.35. The van der Waals surface area contributed by atoms with Crippen LogP contribution in [0.2, 0.25) is 5.02 Å². The summed E-state index contributed by atoms with van der Waals surface area (Å²) in [4.78, 5) is 11.5. The number of Topliss-reactive ketones (excluding diaryl/α,β-unsaturated/α-hetero) is 1. The number of carbonyl (C=O) groups is 1. The predicted octanol–water partition coefficient (Wildman–Crippen LogP) is 1.88. The van der Waals surface area contributed by atoms with Crippen LogP contribution >= 0.6 is 11.6 Å². The molecule has 0 amide bonds. The van der Waals surface area contributed by atoms with Crippen LogP contribution in [0.15, 0.2) is 24.1 Å². The molecule has 0 saturated carbocycles. The van der Waals surface area contributed by atoms with Crippen LogP contribution in [-0.4, -0.2) is 12.4 Å².